The van der Waals surface area contributed by atoms with Crippen molar-refractivity contribution < 1.29 is 18.3 Å². The molecule has 1 aromatic carbocycles. The molecule has 1 atom stereocenters. The molecule has 1 unspecified atom stereocenters. The molecule has 1 aromatic rings. The van der Waals surface area contributed by atoms with E-state index < -0.39 is 21.9 Å². The van der Waals surface area contributed by atoms with Gasteiger partial charge in [-0.1, -0.05) is 6.92 Å². The number of carboxylic acid groups (broad SMARTS) is 1. The Kier molecular flexibility index (Phi) is 5.25. The molecule has 1 N–H and O–H groups in total. The van der Waals surface area contributed by atoms with E-state index in [0.717, 1.165) is 0 Å². The molecule has 7 heteroatoms. The van der Waals surface area contributed by atoms with Crippen molar-refractivity contribution in [1.29, 1.82) is 5.26 Å². The van der Waals surface area contributed by atoms with Crippen LogP contribution in [0.5, 0.6) is 0 Å². The van der Waals surface area contributed by atoms with Gasteiger partial charge in [0.25, 0.3) is 0 Å². The number of aromatic carboxylic acids is 1. The van der Waals surface area contributed by atoms with Crippen molar-refractivity contribution in [3.63, 3.8) is 0 Å². The van der Waals surface area contributed by atoms with Gasteiger partial charge in [-0.2, -0.15) is 9.57 Å². The van der Waals surface area contributed by atoms with Crippen LogP contribution in [-0.4, -0.2) is 36.9 Å². The topological polar surface area (TPSA) is 98.5 Å². The molecule has 108 valence electrons. The smallest absolute Gasteiger partial charge is 0.335 e. The third-order valence-corrected chi connectivity index (χ3v) is 4.74. The van der Waals surface area contributed by atoms with Crippen molar-refractivity contribution in [2.24, 2.45) is 5.92 Å². The molecule has 20 heavy (non-hydrogen) atoms. The number of rotatable bonds is 6. The van der Waals surface area contributed by atoms with Gasteiger partial charge >= 0.3 is 5.97 Å². The zero-order valence-electron chi connectivity index (χ0n) is 11.3. The highest BCUT2D eigenvalue weighted by molar-refractivity contribution is 7.89. The third-order valence-electron chi connectivity index (χ3n) is 2.79. The monoisotopic (exact) mass is 296 g/mol. The Morgan fingerprint density at radius 1 is 1.40 bits per heavy atom. The minimum atomic E-state index is -3.71. The molecule has 6 nitrogen and oxygen atoms in total. The molecule has 0 saturated heterocycles. The van der Waals surface area contributed by atoms with Crippen LogP contribution in [-0.2, 0) is 10.0 Å². The molecule has 0 saturated carbocycles. The largest absolute Gasteiger partial charge is 0.478 e. The molecular formula is C13H16N2O4S. The van der Waals surface area contributed by atoms with Gasteiger partial charge in [-0.3, -0.25) is 0 Å². The number of sulfonamides is 1. The Balaban J connectivity index is 3.08. The summed E-state index contributed by atoms with van der Waals surface area (Å²) >= 11 is 0. The first kappa shape index (κ1) is 16.1. The van der Waals surface area contributed by atoms with E-state index in [0.29, 0.717) is 0 Å². The maximum Gasteiger partial charge on any atom is 0.335 e. The average molecular weight is 296 g/mol. The number of hydrogen-bond acceptors (Lipinski definition) is 4. The first-order valence-electron chi connectivity index (χ1n) is 6.06. The van der Waals surface area contributed by atoms with Crippen LogP contribution in [0.1, 0.15) is 24.2 Å². The summed E-state index contributed by atoms with van der Waals surface area (Å²) in [7, 11) is -3.71. The maximum absolute atomic E-state index is 12.4. The van der Waals surface area contributed by atoms with Crippen LogP contribution in [0.2, 0.25) is 0 Å². The third kappa shape index (κ3) is 3.56. The Morgan fingerprint density at radius 3 is 2.35 bits per heavy atom. The molecular weight excluding hydrogens is 280 g/mol. The van der Waals surface area contributed by atoms with Crippen LogP contribution < -0.4 is 0 Å². The minimum Gasteiger partial charge on any atom is -0.478 e. The second-order valence-corrected chi connectivity index (χ2v) is 6.25. The highest BCUT2D eigenvalue weighted by atomic mass is 32.2. The van der Waals surface area contributed by atoms with E-state index in [1.807, 2.05) is 6.07 Å². The van der Waals surface area contributed by atoms with Gasteiger partial charge in [0.05, 0.1) is 22.4 Å². The normalized spacial score (nSPS) is 12.9. The lowest BCUT2D eigenvalue weighted by molar-refractivity contribution is 0.0696. The van der Waals surface area contributed by atoms with Crippen LogP contribution in [0.25, 0.3) is 0 Å². The van der Waals surface area contributed by atoms with Crippen LogP contribution >= 0.6 is 0 Å². The van der Waals surface area contributed by atoms with Crippen molar-refractivity contribution in [3.05, 3.63) is 29.8 Å². The number of nitrogens with zero attached hydrogens (tertiary/aromatic N) is 2. The van der Waals surface area contributed by atoms with E-state index in [1.54, 1.807) is 13.8 Å². The SMILES string of the molecule is CCN(CC(C)C#N)S(=O)(=O)c1ccc(C(=O)O)cc1. The summed E-state index contributed by atoms with van der Waals surface area (Å²) in [5.41, 5.74) is 0.0254. The number of benzene rings is 1. The molecule has 0 aliphatic rings. The summed E-state index contributed by atoms with van der Waals surface area (Å²) in [6.07, 6.45) is 0. The summed E-state index contributed by atoms with van der Waals surface area (Å²) in [6.45, 7) is 3.68. The zero-order valence-corrected chi connectivity index (χ0v) is 12.1. The van der Waals surface area contributed by atoms with Gasteiger partial charge in [0.2, 0.25) is 10.0 Å². The summed E-state index contributed by atoms with van der Waals surface area (Å²) in [5, 5.41) is 17.6. The van der Waals surface area contributed by atoms with E-state index in [4.69, 9.17) is 10.4 Å². The van der Waals surface area contributed by atoms with E-state index in [2.05, 4.69) is 0 Å². The molecule has 0 amide bonds. The van der Waals surface area contributed by atoms with Crippen LogP contribution in [0.3, 0.4) is 0 Å². The van der Waals surface area contributed by atoms with Crippen LogP contribution in [0.15, 0.2) is 29.2 Å². The van der Waals surface area contributed by atoms with E-state index >= 15 is 0 Å². The van der Waals surface area contributed by atoms with Gasteiger partial charge in [0.1, 0.15) is 0 Å². The minimum absolute atomic E-state index is 0.0227. The molecule has 0 bridgehead atoms. The Bertz CT molecular complexity index is 617. The molecule has 0 radical (unpaired) electrons. The van der Waals surface area contributed by atoms with Crippen molar-refractivity contribution in [3.8, 4) is 6.07 Å². The lowest BCUT2D eigenvalue weighted by atomic mass is 10.2. The van der Waals surface area contributed by atoms with E-state index in [1.165, 1.54) is 28.6 Å². The number of carboxylic acids is 1. The first-order chi connectivity index (χ1) is 9.32. The van der Waals surface area contributed by atoms with Gasteiger partial charge in [-0.05, 0) is 31.2 Å². The summed E-state index contributed by atoms with van der Waals surface area (Å²) in [4.78, 5) is 10.8. The molecule has 0 spiro atoms. The maximum atomic E-state index is 12.4. The lowest BCUT2D eigenvalue weighted by Gasteiger charge is -2.21. The molecule has 0 fully saturated rings. The first-order valence-corrected chi connectivity index (χ1v) is 7.50. The molecule has 0 aromatic heterocycles. The molecule has 1 rings (SSSR count). The van der Waals surface area contributed by atoms with Crippen molar-refractivity contribution >= 4 is 16.0 Å². The Hall–Kier alpha value is -1.91. The highest BCUT2D eigenvalue weighted by Crippen LogP contribution is 2.17. The van der Waals surface area contributed by atoms with Crippen LogP contribution in [0, 0.1) is 17.2 Å². The molecule has 0 heterocycles. The van der Waals surface area contributed by atoms with E-state index in [-0.39, 0.29) is 23.5 Å². The number of nitriles is 1. The van der Waals surface area contributed by atoms with Gasteiger partial charge in [0.15, 0.2) is 0 Å². The summed E-state index contributed by atoms with van der Waals surface area (Å²) in [5.74, 6) is -1.53. The fraction of sp³-hybridized carbons (Fsp3) is 0.385. The Morgan fingerprint density at radius 2 is 1.95 bits per heavy atom. The fourth-order valence-corrected chi connectivity index (χ4v) is 3.20. The number of carbonyl (C=O) groups is 1. The summed E-state index contributed by atoms with van der Waals surface area (Å²) < 4.78 is 25.9. The van der Waals surface area contributed by atoms with E-state index in [9.17, 15) is 13.2 Å². The van der Waals surface area contributed by atoms with Gasteiger partial charge in [-0.25, -0.2) is 13.2 Å². The Labute approximate surface area is 118 Å². The van der Waals surface area contributed by atoms with Crippen molar-refractivity contribution in [1.82, 2.24) is 4.31 Å². The standard InChI is InChI=1S/C13H16N2O4S/c1-3-15(9-10(2)8-14)20(18,19)12-6-4-11(5-7-12)13(16)17/h4-7,10H,3,9H2,1-2H3,(H,16,17). The average Bonchev–Trinajstić information content (AvgIpc) is 2.44. The van der Waals surface area contributed by atoms with Gasteiger partial charge < -0.3 is 5.11 Å². The predicted octanol–water partition coefficient (Wildman–Crippen LogP) is 1.56. The lowest BCUT2D eigenvalue weighted by Crippen LogP contribution is -2.34. The predicted molar refractivity (Wildman–Crippen MR) is 72.6 cm³/mol. The fourth-order valence-electron chi connectivity index (χ4n) is 1.66. The van der Waals surface area contributed by atoms with Crippen molar-refractivity contribution in [2.75, 3.05) is 13.1 Å². The number of hydrogen-bond donors (Lipinski definition) is 1. The quantitative estimate of drug-likeness (QED) is 0.858. The highest BCUT2D eigenvalue weighted by Gasteiger charge is 2.24. The second kappa shape index (κ2) is 6.50. The second-order valence-electron chi connectivity index (χ2n) is 4.32. The molecule has 0 aliphatic heterocycles. The summed E-state index contributed by atoms with van der Waals surface area (Å²) in [6, 6.07) is 7.01. The van der Waals surface area contributed by atoms with Gasteiger partial charge in [-0.15, -0.1) is 0 Å². The molecule has 0 aliphatic carbocycles. The zero-order chi connectivity index (χ0) is 15.3. The van der Waals surface area contributed by atoms with Gasteiger partial charge in [0, 0.05) is 13.1 Å². The van der Waals surface area contributed by atoms with Crippen molar-refractivity contribution in [2.45, 2.75) is 18.7 Å². The van der Waals surface area contributed by atoms with Crippen LogP contribution in [0.4, 0.5) is 0 Å².